The van der Waals surface area contributed by atoms with Gasteiger partial charge in [-0.2, -0.15) is 0 Å². The Labute approximate surface area is 140 Å². The molecule has 0 radical (unpaired) electrons. The van der Waals surface area contributed by atoms with Gasteiger partial charge >= 0.3 is 0 Å². The Balaban J connectivity index is 1.69. The van der Waals surface area contributed by atoms with Crippen LogP contribution in [0.25, 0.3) is 0 Å². The second-order valence-corrected chi connectivity index (χ2v) is 5.41. The fourth-order valence-corrected chi connectivity index (χ4v) is 2.74. The quantitative estimate of drug-likeness (QED) is 0.846. The third-order valence-corrected chi connectivity index (χ3v) is 4.08. The van der Waals surface area contributed by atoms with E-state index in [-0.39, 0.29) is 5.91 Å². The number of aromatic nitrogens is 2. The fraction of sp³-hybridized carbons (Fsp3) is 0.353. The third kappa shape index (κ3) is 3.24. The molecule has 0 bridgehead atoms. The lowest BCUT2D eigenvalue weighted by atomic mass is 10.1. The highest BCUT2D eigenvalue weighted by Gasteiger charge is 2.25. The summed E-state index contributed by atoms with van der Waals surface area (Å²) in [5.41, 5.74) is 0.547. The number of amides is 1. The van der Waals surface area contributed by atoms with Crippen molar-refractivity contribution < 1.29 is 14.3 Å². The van der Waals surface area contributed by atoms with Crippen LogP contribution in [-0.2, 0) is 0 Å². The molecule has 7 heteroatoms. The molecule has 1 saturated heterocycles. The van der Waals surface area contributed by atoms with E-state index in [0.29, 0.717) is 30.2 Å². The summed E-state index contributed by atoms with van der Waals surface area (Å²) < 4.78 is 10.5. The molecular formula is C17H20N4O3. The van der Waals surface area contributed by atoms with Crippen molar-refractivity contribution in [2.45, 2.75) is 0 Å². The van der Waals surface area contributed by atoms with E-state index in [1.54, 1.807) is 51.0 Å². The average Bonchev–Trinajstić information content (AvgIpc) is 2.67. The lowest BCUT2D eigenvalue weighted by molar-refractivity contribution is 0.0743. The molecule has 7 nitrogen and oxygen atoms in total. The predicted molar refractivity (Wildman–Crippen MR) is 89.7 cm³/mol. The number of methoxy groups -OCH3 is 2. The van der Waals surface area contributed by atoms with Crippen molar-refractivity contribution in [3.05, 3.63) is 42.4 Å². The minimum atomic E-state index is -0.0340. The molecule has 24 heavy (non-hydrogen) atoms. The Hall–Kier alpha value is -2.83. The van der Waals surface area contributed by atoms with Crippen molar-refractivity contribution in [2.75, 3.05) is 45.3 Å². The Bertz CT molecular complexity index is 700. The first-order valence-electron chi connectivity index (χ1n) is 7.75. The monoisotopic (exact) mass is 328 g/mol. The van der Waals surface area contributed by atoms with Crippen molar-refractivity contribution in [1.29, 1.82) is 0 Å². The molecule has 0 saturated carbocycles. The summed E-state index contributed by atoms with van der Waals surface area (Å²) >= 11 is 0. The van der Waals surface area contributed by atoms with E-state index in [0.717, 1.165) is 18.9 Å². The normalized spacial score (nSPS) is 14.4. The number of carbonyl (C=O) groups is 1. The molecule has 0 aliphatic carbocycles. The molecule has 1 aliphatic rings. The Morgan fingerprint density at radius 1 is 1.08 bits per heavy atom. The molecule has 1 aromatic heterocycles. The lowest BCUT2D eigenvalue weighted by Gasteiger charge is -2.35. The van der Waals surface area contributed by atoms with Gasteiger partial charge in [0.05, 0.1) is 26.0 Å². The summed E-state index contributed by atoms with van der Waals surface area (Å²) in [6.07, 6.45) is 5.07. The summed E-state index contributed by atoms with van der Waals surface area (Å²) in [7, 11) is 3.14. The fourth-order valence-electron chi connectivity index (χ4n) is 2.74. The van der Waals surface area contributed by atoms with Gasteiger partial charge in [-0.05, 0) is 12.1 Å². The molecule has 1 aliphatic heterocycles. The van der Waals surface area contributed by atoms with Crippen LogP contribution in [0.2, 0.25) is 0 Å². The van der Waals surface area contributed by atoms with E-state index >= 15 is 0 Å². The number of anilines is 1. The summed E-state index contributed by atoms with van der Waals surface area (Å²) in [5, 5.41) is 0. The minimum absolute atomic E-state index is 0.0340. The molecule has 0 N–H and O–H groups in total. The molecule has 3 rings (SSSR count). The number of piperazine rings is 1. The summed E-state index contributed by atoms with van der Waals surface area (Å²) in [6.45, 7) is 2.71. The van der Waals surface area contributed by atoms with Gasteiger partial charge in [0, 0.05) is 44.6 Å². The second-order valence-electron chi connectivity index (χ2n) is 5.41. The first-order valence-corrected chi connectivity index (χ1v) is 7.75. The van der Waals surface area contributed by atoms with E-state index in [1.807, 2.05) is 4.90 Å². The van der Waals surface area contributed by atoms with Crippen molar-refractivity contribution in [1.82, 2.24) is 14.9 Å². The maximum Gasteiger partial charge on any atom is 0.257 e. The van der Waals surface area contributed by atoms with E-state index in [9.17, 15) is 4.79 Å². The zero-order chi connectivity index (χ0) is 16.9. The Morgan fingerprint density at radius 3 is 2.50 bits per heavy atom. The topological polar surface area (TPSA) is 67.8 Å². The zero-order valence-corrected chi connectivity index (χ0v) is 13.8. The largest absolute Gasteiger partial charge is 0.497 e. The molecule has 0 atom stereocenters. The van der Waals surface area contributed by atoms with Crippen LogP contribution in [0.1, 0.15) is 10.4 Å². The molecule has 2 aromatic rings. The van der Waals surface area contributed by atoms with E-state index < -0.39 is 0 Å². The number of carbonyl (C=O) groups excluding carboxylic acids is 1. The molecule has 1 aromatic carbocycles. The first kappa shape index (κ1) is 16.0. The van der Waals surface area contributed by atoms with E-state index in [1.165, 1.54) is 0 Å². The number of hydrogen-bond donors (Lipinski definition) is 0. The molecule has 0 spiro atoms. The Kier molecular flexibility index (Phi) is 4.79. The standard InChI is InChI=1S/C17H20N4O3/c1-23-13-3-4-14(15(11-13)24-2)17(22)21-9-7-20(8-10-21)16-12-18-5-6-19-16/h3-6,11-12H,7-10H2,1-2H3. The van der Waals surface area contributed by atoms with Crippen molar-refractivity contribution in [2.24, 2.45) is 0 Å². The molecular weight excluding hydrogens is 308 g/mol. The van der Waals surface area contributed by atoms with Gasteiger partial charge in [-0.25, -0.2) is 4.98 Å². The van der Waals surface area contributed by atoms with Crippen LogP contribution in [-0.4, -0.2) is 61.2 Å². The number of ether oxygens (including phenoxy) is 2. The maximum absolute atomic E-state index is 12.8. The first-order chi connectivity index (χ1) is 11.7. The van der Waals surface area contributed by atoms with Crippen LogP contribution >= 0.6 is 0 Å². The zero-order valence-electron chi connectivity index (χ0n) is 13.8. The predicted octanol–water partition coefficient (Wildman–Crippen LogP) is 1.46. The number of benzene rings is 1. The lowest BCUT2D eigenvalue weighted by Crippen LogP contribution is -2.49. The highest BCUT2D eigenvalue weighted by atomic mass is 16.5. The molecule has 1 amide bonds. The second kappa shape index (κ2) is 7.16. The molecule has 2 heterocycles. The Morgan fingerprint density at radius 2 is 1.88 bits per heavy atom. The van der Waals surface area contributed by atoms with Gasteiger partial charge in [-0.15, -0.1) is 0 Å². The van der Waals surface area contributed by atoms with Crippen LogP contribution in [0.5, 0.6) is 11.5 Å². The van der Waals surface area contributed by atoms with E-state index in [4.69, 9.17) is 9.47 Å². The average molecular weight is 328 g/mol. The highest BCUT2D eigenvalue weighted by molar-refractivity contribution is 5.97. The van der Waals surface area contributed by atoms with Crippen molar-refractivity contribution in [3.63, 3.8) is 0 Å². The van der Waals surface area contributed by atoms with Gasteiger partial charge in [0.25, 0.3) is 5.91 Å². The van der Waals surface area contributed by atoms with Gasteiger partial charge in [0.2, 0.25) is 0 Å². The summed E-state index contributed by atoms with van der Waals surface area (Å²) in [4.78, 5) is 25.1. The molecule has 0 unspecified atom stereocenters. The number of rotatable bonds is 4. The molecule has 1 fully saturated rings. The maximum atomic E-state index is 12.8. The van der Waals surface area contributed by atoms with Crippen LogP contribution in [0.15, 0.2) is 36.8 Å². The van der Waals surface area contributed by atoms with Crippen LogP contribution in [0.3, 0.4) is 0 Å². The molecule has 126 valence electrons. The van der Waals surface area contributed by atoms with Gasteiger partial charge in [0.1, 0.15) is 17.3 Å². The van der Waals surface area contributed by atoms with Gasteiger partial charge in [-0.3, -0.25) is 9.78 Å². The summed E-state index contributed by atoms with van der Waals surface area (Å²) in [5.74, 6) is 1.99. The smallest absolute Gasteiger partial charge is 0.257 e. The van der Waals surface area contributed by atoms with E-state index in [2.05, 4.69) is 14.9 Å². The van der Waals surface area contributed by atoms with Gasteiger partial charge < -0.3 is 19.3 Å². The SMILES string of the molecule is COc1ccc(C(=O)N2CCN(c3cnccn3)CC2)c(OC)c1. The minimum Gasteiger partial charge on any atom is -0.497 e. The number of hydrogen-bond acceptors (Lipinski definition) is 6. The summed E-state index contributed by atoms with van der Waals surface area (Å²) in [6, 6.07) is 5.24. The van der Waals surface area contributed by atoms with Crippen LogP contribution in [0, 0.1) is 0 Å². The highest BCUT2D eigenvalue weighted by Crippen LogP contribution is 2.26. The van der Waals surface area contributed by atoms with Crippen LogP contribution in [0.4, 0.5) is 5.82 Å². The van der Waals surface area contributed by atoms with Gasteiger partial charge in [0.15, 0.2) is 0 Å². The number of nitrogens with zero attached hydrogens (tertiary/aromatic N) is 4. The van der Waals surface area contributed by atoms with Gasteiger partial charge in [-0.1, -0.05) is 0 Å². The van der Waals surface area contributed by atoms with Crippen molar-refractivity contribution in [3.8, 4) is 11.5 Å². The van der Waals surface area contributed by atoms with Crippen molar-refractivity contribution >= 4 is 11.7 Å². The van der Waals surface area contributed by atoms with Crippen LogP contribution < -0.4 is 14.4 Å². The third-order valence-electron chi connectivity index (χ3n) is 4.08.